The van der Waals surface area contributed by atoms with Crippen LogP contribution in [0.2, 0.25) is 0 Å². The molecular weight excluding hydrogens is 316 g/mol. The van der Waals surface area contributed by atoms with Crippen LogP contribution in [0.25, 0.3) is 0 Å². The summed E-state index contributed by atoms with van der Waals surface area (Å²) in [6.07, 6.45) is 2.10. The van der Waals surface area contributed by atoms with Crippen LogP contribution in [-0.2, 0) is 9.53 Å². The van der Waals surface area contributed by atoms with Gasteiger partial charge in [-0.2, -0.15) is 9.97 Å². The zero-order valence-electron chi connectivity index (χ0n) is 12.4. The fourth-order valence-corrected chi connectivity index (χ4v) is 3.66. The van der Waals surface area contributed by atoms with Crippen LogP contribution in [0.15, 0.2) is 11.7 Å². The van der Waals surface area contributed by atoms with Gasteiger partial charge in [-0.1, -0.05) is 0 Å². The summed E-state index contributed by atoms with van der Waals surface area (Å²) in [4.78, 5) is 28.2. The summed E-state index contributed by atoms with van der Waals surface area (Å²) in [7, 11) is 0. The molecule has 120 valence electrons. The summed E-state index contributed by atoms with van der Waals surface area (Å²) in [6.45, 7) is 2.70. The van der Waals surface area contributed by atoms with Crippen LogP contribution < -0.4 is 16.0 Å². The second-order valence-corrected chi connectivity index (χ2v) is 6.40. The summed E-state index contributed by atoms with van der Waals surface area (Å²) in [6, 6.07) is 0. The van der Waals surface area contributed by atoms with E-state index in [0.29, 0.717) is 50.3 Å². The number of nitrogens with zero attached hydrogens (tertiary/aromatic N) is 4. The van der Waals surface area contributed by atoms with Crippen LogP contribution in [0.3, 0.4) is 0 Å². The molecule has 1 amide bonds. The summed E-state index contributed by atoms with van der Waals surface area (Å²) < 4.78 is 5.34. The second kappa shape index (κ2) is 5.74. The molecule has 4 rings (SSSR count). The van der Waals surface area contributed by atoms with Crippen molar-refractivity contribution < 1.29 is 9.53 Å². The van der Waals surface area contributed by atoms with Gasteiger partial charge in [0, 0.05) is 42.1 Å². The average molecular weight is 332 g/mol. The molecule has 0 bridgehead atoms. The van der Waals surface area contributed by atoms with E-state index >= 15 is 0 Å². The lowest BCUT2D eigenvalue weighted by Gasteiger charge is -2.30. The predicted octanol–water partition coefficient (Wildman–Crippen LogP) is 0.826. The van der Waals surface area contributed by atoms with Crippen molar-refractivity contribution >= 4 is 34.8 Å². The lowest BCUT2D eigenvalue weighted by molar-refractivity contribution is -0.116. The molecule has 0 saturated carbocycles. The number of thiazole rings is 1. The Morgan fingerprint density at radius 1 is 1.35 bits per heavy atom. The fourth-order valence-electron chi connectivity index (χ4n) is 2.93. The third-order valence-corrected chi connectivity index (χ3v) is 4.94. The van der Waals surface area contributed by atoms with Gasteiger partial charge in [0.15, 0.2) is 0 Å². The van der Waals surface area contributed by atoms with Gasteiger partial charge >= 0.3 is 0 Å². The van der Waals surface area contributed by atoms with Crippen LogP contribution in [0, 0.1) is 0 Å². The van der Waals surface area contributed by atoms with Crippen molar-refractivity contribution in [3.63, 3.8) is 0 Å². The number of fused-ring (bicyclic) bond motifs is 1. The van der Waals surface area contributed by atoms with E-state index in [1.807, 2.05) is 4.90 Å². The Bertz CT molecular complexity index is 729. The maximum atomic E-state index is 12.1. The highest BCUT2D eigenvalue weighted by atomic mass is 32.1. The third kappa shape index (κ3) is 2.62. The van der Waals surface area contributed by atoms with Gasteiger partial charge in [-0.15, -0.1) is 11.3 Å². The minimum Gasteiger partial charge on any atom is -0.383 e. The number of morpholine rings is 1. The van der Waals surface area contributed by atoms with E-state index in [1.165, 1.54) is 11.3 Å². The first-order valence-corrected chi connectivity index (χ1v) is 8.28. The molecule has 1 atom stereocenters. The Hall–Kier alpha value is -2.26. The first-order chi connectivity index (χ1) is 11.2. The van der Waals surface area contributed by atoms with Gasteiger partial charge in [0.25, 0.3) is 0 Å². The number of ether oxygens (including phenoxy) is 1. The quantitative estimate of drug-likeness (QED) is 0.838. The molecule has 0 aromatic carbocycles. The number of amides is 1. The predicted molar refractivity (Wildman–Crippen MR) is 86.7 cm³/mol. The summed E-state index contributed by atoms with van der Waals surface area (Å²) in [5.74, 6) is 1.25. The van der Waals surface area contributed by atoms with E-state index in [2.05, 4.69) is 20.3 Å². The number of hydrogen-bond acceptors (Lipinski definition) is 8. The number of aromatic nitrogens is 3. The molecule has 1 saturated heterocycles. The minimum absolute atomic E-state index is 0.0677. The first kappa shape index (κ1) is 14.3. The van der Waals surface area contributed by atoms with Crippen LogP contribution in [0.1, 0.15) is 22.8 Å². The molecule has 1 fully saturated rings. The SMILES string of the molecule is Nc1nc(N2CCOCC2)nc2c1C(c1cncs1)CC(=O)N2. The molecule has 0 aliphatic carbocycles. The van der Waals surface area contributed by atoms with Crippen LogP contribution >= 0.6 is 11.3 Å². The molecule has 2 aliphatic heterocycles. The normalized spacial score (nSPS) is 21.0. The fraction of sp³-hybridized carbons (Fsp3) is 0.429. The summed E-state index contributed by atoms with van der Waals surface area (Å²) in [5.41, 5.74) is 8.75. The largest absolute Gasteiger partial charge is 0.383 e. The van der Waals surface area contributed by atoms with Crippen molar-refractivity contribution in [2.75, 3.05) is 42.3 Å². The monoisotopic (exact) mass is 332 g/mol. The van der Waals surface area contributed by atoms with Crippen LogP contribution in [0.4, 0.5) is 17.6 Å². The lowest BCUT2D eigenvalue weighted by Crippen LogP contribution is -2.38. The number of nitrogens with one attached hydrogen (secondary N) is 1. The number of anilines is 3. The molecule has 9 heteroatoms. The topological polar surface area (TPSA) is 106 Å². The van der Waals surface area contributed by atoms with E-state index in [0.717, 1.165) is 10.4 Å². The number of nitrogens with two attached hydrogens (primary N) is 1. The van der Waals surface area contributed by atoms with Gasteiger partial charge in [-0.3, -0.25) is 9.78 Å². The van der Waals surface area contributed by atoms with Crippen LogP contribution in [-0.4, -0.2) is 47.2 Å². The maximum Gasteiger partial charge on any atom is 0.229 e. The molecule has 4 heterocycles. The Labute approximate surface area is 136 Å². The second-order valence-electron chi connectivity index (χ2n) is 5.48. The van der Waals surface area contributed by atoms with Gasteiger partial charge in [0.05, 0.1) is 18.7 Å². The van der Waals surface area contributed by atoms with Gasteiger partial charge in [-0.05, 0) is 0 Å². The summed E-state index contributed by atoms with van der Waals surface area (Å²) >= 11 is 1.51. The number of hydrogen-bond donors (Lipinski definition) is 2. The zero-order chi connectivity index (χ0) is 15.8. The maximum absolute atomic E-state index is 12.1. The van der Waals surface area contributed by atoms with Gasteiger partial charge in [-0.25, -0.2) is 0 Å². The minimum atomic E-state index is -0.134. The Morgan fingerprint density at radius 3 is 2.91 bits per heavy atom. The summed E-state index contributed by atoms with van der Waals surface area (Å²) in [5, 5.41) is 2.83. The Kier molecular flexibility index (Phi) is 3.58. The molecule has 2 aliphatic rings. The van der Waals surface area contributed by atoms with Crippen LogP contribution in [0.5, 0.6) is 0 Å². The van der Waals surface area contributed by atoms with E-state index in [4.69, 9.17) is 10.5 Å². The highest BCUT2D eigenvalue weighted by Crippen LogP contribution is 2.40. The van der Waals surface area contributed by atoms with Crippen molar-refractivity contribution in [2.24, 2.45) is 0 Å². The molecule has 0 radical (unpaired) electrons. The van der Waals surface area contributed by atoms with Crippen molar-refractivity contribution in [3.05, 3.63) is 22.1 Å². The van der Waals surface area contributed by atoms with Gasteiger partial charge < -0.3 is 20.7 Å². The van der Waals surface area contributed by atoms with Crippen molar-refractivity contribution in [1.29, 1.82) is 0 Å². The number of nitrogen functional groups attached to an aromatic ring is 1. The van der Waals surface area contributed by atoms with Gasteiger partial charge in [0.1, 0.15) is 11.6 Å². The number of carbonyl (C=O) groups is 1. The molecule has 2 aromatic rings. The standard InChI is InChI=1S/C14H16N6O2S/c15-12-11-8(9-6-16-7-23-9)5-10(21)17-13(11)19-14(18-12)20-1-3-22-4-2-20/h6-8H,1-5H2,(H3,15,17,18,19,21). The van der Waals surface area contributed by atoms with E-state index in [-0.39, 0.29) is 11.8 Å². The number of rotatable bonds is 2. The van der Waals surface area contributed by atoms with Crippen molar-refractivity contribution in [1.82, 2.24) is 15.0 Å². The lowest BCUT2D eigenvalue weighted by atomic mass is 9.92. The highest BCUT2D eigenvalue weighted by Gasteiger charge is 2.32. The molecule has 0 spiro atoms. The first-order valence-electron chi connectivity index (χ1n) is 7.40. The molecular formula is C14H16N6O2S. The highest BCUT2D eigenvalue weighted by molar-refractivity contribution is 7.09. The molecule has 8 nitrogen and oxygen atoms in total. The van der Waals surface area contributed by atoms with E-state index in [9.17, 15) is 4.79 Å². The molecule has 1 unspecified atom stereocenters. The molecule has 3 N–H and O–H groups in total. The Morgan fingerprint density at radius 2 is 2.17 bits per heavy atom. The van der Waals surface area contributed by atoms with E-state index in [1.54, 1.807) is 11.7 Å². The van der Waals surface area contributed by atoms with Crippen molar-refractivity contribution in [2.45, 2.75) is 12.3 Å². The number of carbonyl (C=O) groups excluding carboxylic acids is 1. The van der Waals surface area contributed by atoms with Crippen molar-refractivity contribution in [3.8, 4) is 0 Å². The molecule has 23 heavy (non-hydrogen) atoms. The van der Waals surface area contributed by atoms with Gasteiger partial charge in [0.2, 0.25) is 11.9 Å². The Balaban J connectivity index is 1.76. The third-order valence-electron chi connectivity index (χ3n) is 4.05. The average Bonchev–Trinajstić information content (AvgIpc) is 3.09. The van der Waals surface area contributed by atoms with E-state index < -0.39 is 0 Å². The smallest absolute Gasteiger partial charge is 0.229 e. The molecule has 2 aromatic heterocycles. The zero-order valence-corrected chi connectivity index (χ0v) is 13.2.